The molecule has 0 spiro atoms. The SMILES string of the molecule is CN(C)CCN(CC(=O)O)c1ccc(Cl)nn1. The molecule has 7 heteroatoms. The molecule has 0 atom stereocenters. The Labute approximate surface area is 105 Å². The van der Waals surface area contributed by atoms with E-state index in [9.17, 15) is 4.79 Å². The molecule has 0 aromatic carbocycles. The van der Waals surface area contributed by atoms with E-state index in [2.05, 4.69) is 10.2 Å². The van der Waals surface area contributed by atoms with Crippen LogP contribution in [0.1, 0.15) is 0 Å². The number of rotatable bonds is 6. The molecule has 0 aliphatic heterocycles. The van der Waals surface area contributed by atoms with Crippen LogP contribution in [0.4, 0.5) is 5.82 Å². The number of nitrogens with zero attached hydrogens (tertiary/aromatic N) is 4. The number of carbonyl (C=O) groups is 1. The number of aliphatic carboxylic acids is 1. The van der Waals surface area contributed by atoms with Crippen molar-refractivity contribution in [3.63, 3.8) is 0 Å². The lowest BCUT2D eigenvalue weighted by atomic mass is 10.4. The molecule has 0 fully saturated rings. The van der Waals surface area contributed by atoms with Gasteiger partial charge >= 0.3 is 5.97 Å². The molecule has 0 aliphatic carbocycles. The van der Waals surface area contributed by atoms with Crippen LogP contribution in [0.15, 0.2) is 12.1 Å². The molecule has 0 radical (unpaired) electrons. The van der Waals surface area contributed by atoms with E-state index in [0.717, 1.165) is 6.54 Å². The summed E-state index contributed by atoms with van der Waals surface area (Å²) in [6, 6.07) is 3.25. The third-order valence-electron chi connectivity index (χ3n) is 2.09. The molecule has 0 amide bonds. The Morgan fingerprint density at radius 2 is 2.06 bits per heavy atom. The molecule has 1 aromatic rings. The van der Waals surface area contributed by atoms with Gasteiger partial charge in [0, 0.05) is 13.1 Å². The molecule has 1 heterocycles. The predicted octanol–water partition coefficient (Wildman–Crippen LogP) is 0.583. The summed E-state index contributed by atoms with van der Waals surface area (Å²) in [5.41, 5.74) is 0. The van der Waals surface area contributed by atoms with Crippen LogP contribution < -0.4 is 4.90 Å². The van der Waals surface area contributed by atoms with Gasteiger partial charge in [-0.15, -0.1) is 10.2 Å². The van der Waals surface area contributed by atoms with Gasteiger partial charge in [0.15, 0.2) is 11.0 Å². The molecule has 1 N–H and O–H groups in total. The van der Waals surface area contributed by atoms with Gasteiger partial charge in [0.05, 0.1) is 0 Å². The minimum absolute atomic E-state index is 0.107. The Bertz CT molecular complexity index is 369. The van der Waals surface area contributed by atoms with Crippen LogP contribution in [0.5, 0.6) is 0 Å². The van der Waals surface area contributed by atoms with Crippen LogP contribution in [0.3, 0.4) is 0 Å². The number of anilines is 1. The molecule has 0 saturated heterocycles. The molecule has 0 bridgehead atoms. The van der Waals surface area contributed by atoms with E-state index in [1.165, 1.54) is 0 Å². The van der Waals surface area contributed by atoms with Gasteiger partial charge in [0.25, 0.3) is 0 Å². The summed E-state index contributed by atoms with van der Waals surface area (Å²) in [4.78, 5) is 14.4. The first kappa shape index (κ1) is 13.7. The lowest BCUT2D eigenvalue weighted by Crippen LogP contribution is -2.36. The molecule has 17 heavy (non-hydrogen) atoms. The molecular weight excluding hydrogens is 244 g/mol. The quantitative estimate of drug-likeness (QED) is 0.805. The second kappa shape index (κ2) is 6.36. The van der Waals surface area contributed by atoms with Gasteiger partial charge in [0.1, 0.15) is 6.54 Å². The Morgan fingerprint density at radius 3 is 2.53 bits per heavy atom. The number of hydrogen-bond donors (Lipinski definition) is 1. The number of carboxylic acids is 1. The second-order valence-corrected chi connectivity index (χ2v) is 4.22. The number of carboxylic acid groups (broad SMARTS) is 1. The zero-order valence-electron chi connectivity index (χ0n) is 9.80. The van der Waals surface area contributed by atoms with Crippen molar-refractivity contribution >= 4 is 23.4 Å². The lowest BCUT2D eigenvalue weighted by Gasteiger charge is -2.22. The van der Waals surface area contributed by atoms with Crippen LogP contribution in [0, 0.1) is 0 Å². The maximum atomic E-state index is 10.8. The number of likely N-dealkylation sites (N-methyl/N-ethyl adjacent to an activating group) is 1. The van der Waals surface area contributed by atoms with Crippen molar-refractivity contribution in [2.45, 2.75) is 0 Å². The average molecular weight is 259 g/mol. The standard InChI is InChI=1S/C10H15ClN4O2/c1-14(2)5-6-15(7-10(16)17)9-4-3-8(11)12-13-9/h3-4H,5-7H2,1-2H3,(H,16,17). The smallest absolute Gasteiger partial charge is 0.323 e. The van der Waals surface area contributed by atoms with Crippen LogP contribution in [-0.2, 0) is 4.79 Å². The highest BCUT2D eigenvalue weighted by Crippen LogP contribution is 2.11. The van der Waals surface area contributed by atoms with Gasteiger partial charge in [0.2, 0.25) is 0 Å². The molecule has 0 aliphatic rings. The van der Waals surface area contributed by atoms with E-state index in [-0.39, 0.29) is 11.7 Å². The Morgan fingerprint density at radius 1 is 1.35 bits per heavy atom. The minimum Gasteiger partial charge on any atom is -0.480 e. The summed E-state index contributed by atoms with van der Waals surface area (Å²) in [6.45, 7) is 1.19. The van der Waals surface area contributed by atoms with Crippen LogP contribution in [0.2, 0.25) is 5.15 Å². The predicted molar refractivity (Wildman–Crippen MR) is 65.4 cm³/mol. The highest BCUT2D eigenvalue weighted by atomic mass is 35.5. The van der Waals surface area contributed by atoms with E-state index in [1.54, 1.807) is 17.0 Å². The van der Waals surface area contributed by atoms with Crippen molar-refractivity contribution in [1.29, 1.82) is 0 Å². The third-order valence-corrected chi connectivity index (χ3v) is 2.29. The molecule has 1 aromatic heterocycles. The summed E-state index contributed by atoms with van der Waals surface area (Å²) in [6.07, 6.45) is 0. The molecule has 0 unspecified atom stereocenters. The van der Waals surface area contributed by atoms with Gasteiger partial charge < -0.3 is 14.9 Å². The number of hydrogen-bond acceptors (Lipinski definition) is 5. The van der Waals surface area contributed by atoms with E-state index in [1.807, 2.05) is 19.0 Å². The Balaban J connectivity index is 2.74. The first-order chi connectivity index (χ1) is 7.99. The Kier molecular flexibility index (Phi) is 5.11. The minimum atomic E-state index is -0.902. The van der Waals surface area contributed by atoms with Crippen molar-refractivity contribution in [2.24, 2.45) is 0 Å². The summed E-state index contributed by atoms with van der Waals surface area (Å²) >= 11 is 5.63. The summed E-state index contributed by atoms with van der Waals surface area (Å²) in [5.74, 6) is -0.390. The van der Waals surface area contributed by atoms with Gasteiger partial charge in [-0.3, -0.25) is 4.79 Å². The fraction of sp³-hybridized carbons (Fsp3) is 0.500. The topological polar surface area (TPSA) is 69.6 Å². The fourth-order valence-electron chi connectivity index (χ4n) is 1.24. The van der Waals surface area contributed by atoms with Gasteiger partial charge in [-0.2, -0.15) is 0 Å². The van der Waals surface area contributed by atoms with Gasteiger partial charge in [-0.1, -0.05) is 11.6 Å². The number of halogens is 1. The zero-order valence-corrected chi connectivity index (χ0v) is 10.6. The second-order valence-electron chi connectivity index (χ2n) is 3.83. The van der Waals surface area contributed by atoms with Crippen molar-refractivity contribution in [2.75, 3.05) is 38.6 Å². The van der Waals surface area contributed by atoms with Crippen molar-refractivity contribution in [3.8, 4) is 0 Å². The van der Waals surface area contributed by atoms with Crippen molar-refractivity contribution in [1.82, 2.24) is 15.1 Å². The molecule has 94 valence electrons. The lowest BCUT2D eigenvalue weighted by molar-refractivity contribution is -0.135. The monoisotopic (exact) mass is 258 g/mol. The molecule has 0 saturated carbocycles. The number of aromatic nitrogens is 2. The highest BCUT2D eigenvalue weighted by Gasteiger charge is 2.12. The third kappa shape index (κ3) is 4.97. The molecule has 6 nitrogen and oxygen atoms in total. The van der Waals surface area contributed by atoms with E-state index >= 15 is 0 Å². The van der Waals surface area contributed by atoms with Crippen LogP contribution in [0.25, 0.3) is 0 Å². The molecule has 1 rings (SSSR count). The normalized spacial score (nSPS) is 10.6. The largest absolute Gasteiger partial charge is 0.480 e. The van der Waals surface area contributed by atoms with Gasteiger partial charge in [-0.25, -0.2) is 0 Å². The zero-order chi connectivity index (χ0) is 12.8. The summed E-state index contributed by atoms with van der Waals surface area (Å²) in [5, 5.41) is 16.7. The van der Waals surface area contributed by atoms with E-state index < -0.39 is 5.97 Å². The van der Waals surface area contributed by atoms with E-state index in [0.29, 0.717) is 12.4 Å². The van der Waals surface area contributed by atoms with Crippen molar-refractivity contribution < 1.29 is 9.90 Å². The first-order valence-corrected chi connectivity index (χ1v) is 5.47. The summed E-state index contributed by atoms with van der Waals surface area (Å²) in [7, 11) is 3.85. The molecular formula is C10H15ClN4O2. The fourth-order valence-corrected chi connectivity index (χ4v) is 1.34. The Hall–Kier alpha value is -1.40. The van der Waals surface area contributed by atoms with E-state index in [4.69, 9.17) is 16.7 Å². The van der Waals surface area contributed by atoms with Gasteiger partial charge in [-0.05, 0) is 26.2 Å². The maximum Gasteiger partial charge on any atom is 0.323 e. The average Bonchev–Trinajstić information content (AvgIpc) is 2.25. The highest BCUT2D eigenvalue weighted by molar-refractivity contribution is 6.29. The maximum absolute atomic E-state index is 10.8. The van der Waals surface area contributed by atoms with Crippen LogP contribution >= 0.6 is 11.6 Å². The summed E-state index contributed by atoms with van der Waals surface area (Å²) < 4.78 is 0. The van der Waals surface area contributed by atoms with Crippen LogP contribution in [-0.4, -0.2) is 59.9 Å². The van der Waals surface area contributed by atoms with Crippen molar-refractivity contribution in [3.05, 3.63) is 17.3 Å². The first-order valence-electron chi connectivity index (χ1n) is 5.09.